The summed E-state index contributed by atoms with van der Waals surface area (Å²) in [5.41, 5.74) is 0. The van der Waals surface area contributed by atoms with Crippen molar-refractivity contribution in [2.75, 3.05) is 0 Å². The Morgan fingerprint density at radius 3 is 1.62 bits per heavy atom. The lowest BCUT2D eigenvalue weighted by molar-refractivity contribution is -0.205. The molecule has 76 valence electrons. The van der Waals surface area contributed by atoms with Crippen molar-refractivity contribution in [2.24, 2.45) is 0 Å². The van der Waals surface area contributed by atoms with Gasteiger partial charge in [-0.05, 0) is 0 Å². The van der Waals surface area contributed by atoms with Crippen LogP contribution in [0.2, 0.25) is 0 Å². The minimum absolute atomic E-state index is 2.11. The van der Waals surface area contributed by atoms with Gasteiger partial charge in [0, 0.05) is 0 Å². The fourth-order valence-electron chi connectivity index (χ4n) is 0.228. The van der Waals surface area contributed by atoms with Gasteiger partial charge in [-0.2, -0.15) is 26.3 Å². The number of alkyl halides is 6. The number of rotatable bonds is 1. The number of allylic oxidation sites excluding steroid dienone is 1. The Morgan fingerprint density at radius 1 is 1.00 bits per heavy atom. The molecule has 0 N–H and O–H groups in total. The molecular weight excluding hydrogens is 206 g/mol. The predicted octanol–water partition coefficient (Wildman–Crippen LogP) is 2.17. The van der Waals surface area contributed by atoms with E-state index in [0.717, 1.165) is 0 Å². The minimum atomic E-state index is -5.46. The summed E-state index contributed by atoms with van der Waals surface area (Å²) in [6.45, 7) is 2.11. The first-order valence-electron chi connectivity index (χ1n) is 2.60. The summed E-state index contributed by atoms with van der Waals surface area (Å²) >= 11 is 0. The van der Waals surface area contributed by atoms with E-state index in [1.807, 2.05) is 0 Å². The molecule has 0 saturated carbocycles. The van der Waals surface area contributed by atoms with E-state index < -0.39 is 24.1 Å². The molecule has 0 rings (SSSR count). The van der Waals surface area contributed by atoms with Crippen molar-refractivity contribution >= 4 is 5.97 Å². The van der Waals surface area contributed by atoms with Crippen LogP contribution < -0.4 is 0 Å². The lowest BCUT2D eigenvalue weighted by Crippen LogP contribution is -2.28. The second kappa shape index (κ2) is 3.27. The first-order chi connectivity index (χ1) is 5.55. The standard InChI is InChI=1S/C5H2F6O2/c1-2(4(6,7)8)13-3(12)5(9,10)11/h1H2. The molecule has 0 aliphatic carbocycles. The molecule has 0 bridgehead atoms. The molecule has 2 nitrogen and oxygen atoms in total. The van der Waals surface area contributed by atoms with Crippen molar-refractivity contribution in [3.63, 3.8) is 0 Å². The van der Waals surface area contributed by atoms with Crippen LogP contribution in [0, 0.1) is 0 Å². The minimum Gasteiger partial charge on any atom is -0.415 e. The molecule has 0 spiro atoms. The van der Waals surface area contributed by atoms with Crippen LogP contribution in [0.3, 0.4) is 0 Å². The van der Waals surface area contributed by atoms with Gasteiger partial charge in [-0.3, -0.25) is 0 Å². The van der Waals surface area contributed by atoms with Crippen molar-refractivity contribution in [1.82, 2.24) is 0 Å². The highest BCUT2D eigenvalue weighted by Gasteiger charge is 2.45. The average molecular weight is 208 g/mol. The topological polar surface area (TPSA) is 26.3 Å². The molecule has 0 aliphatic rings. The van der Waals surface area contributed by atoms with Crippen molar-refractivity contribution in [1.29, 1.82) is 0 Å². The van der Waals surface area contributed by atoms with Gasteiger partial charge in [-0.15, -0.1) is 0 Å². The van der Waals surface area contributed by atoms with Gasteiger partial charge in [0.1, 0.15) is 0 Å². The van der Waals surface area contributed by atoms with Crippen molar-refractivity contribution in [3.05, 3.63) is 12.3 Å². The summed E-state index contributed by atoms with van der Waals surface area (Å²) in [5.74, 6) is -5.15. The highest BCUT2D eigenvalue weighted by molar-refractivity contribution is 5.76. The third-order valence-electron chi connectivity index (χ3n) is 0.764. The predicted molar refractivity (Wildman–Crippen MR) is 27.3 cm³/mol. The highest BCUT2D eigenvalue weighted by atomic mass is 19.4. The third-order valence-corrected chi connectivity index (χ3v) is 0.764. The fourth-order valence-corrected chi connectivity index (χ4v) is 0.228. The van der Waals surface area contributed by atoms with Gasteiger partial charge < -0.3 is 4.74 Å². The first kappa shape index (κ1) is 11.8. The Bertz CT molecular complexity index is 200. The van der Waals surface area contributed by atoms with Gasteiger partial charge in [0.25, 0.3) is 0 Å². The van der Waals surface area contributed by atoms with E-state index in [9.17, 15) is 31.1 Å². The third kappa shape index (κ3) is 3.81. The van der Waals surface area contributed by atoms with Crippen LogP contribution in [0.5, 0.6) is 0 Å². The molecule has 0 saturated heterocycles. The Kier molecular flexibility index (Phi) is 2.96. The Labute approximate surface area is 67.8 Å². The molecule has 0 aromatic carbocycles. The molecule has 0 amide bonds. The van der Waals surface area contributed by atoms with Crippen LogP contribution in [0.4, 0.5) is 26.3 Å². The van der Waals surface area contributed by atoms with E-state index in [1.54, 1.807) is 0 Å². The van der Waals surface area contributed by atoms with Crippen LogP contribution >= 0.6 is 0 Å². The van der Waals surface area contributed by atoms with Gasteiger partial charge in [0.05, 0.1) is 0 Å². The van der Waals surface area contributed by atoms with Crippen molar-refractivity contribution in [2.45, 2.75) is 12.4 Å². The zero-order valence-corrected chi connectivity index (χ0v) is 5.79. The fraction of sp³-hybridized carbons (Fsp3) is 0.400. The first-order valence-corrected chi connectivity index (χ1v) is 2.60. The van der Waals surface area contributed by atoms with Crippen LogP contribution in [0.15, 0.2) is 12.3 Å². The quantitative estimate of drug-likeness (QED) is 0.375. The van der Waals surface area contributed by atoms with Gasteiger partial charge in [0.2, 0.25) is 5.76 Å². The van der Waals surface area contributed by atoms with E-state index in [0.29, 0.717) is 0 Å². The summed E-state index contributed by atoms with van der Waals surface area (Å²) in [7, 11) is 0. The summed E-state index contributed by atoms with van der Waals surface area (Å²) in [5, 5.41) is 0. The molecule has 0 unspecified atom stereocenters. The van der Waals surface area contributed by atoms with E-state index in [-0.39, 0.29) is 0 Å². The molecule has 0 radical (unpaired) electrons. The van der Waals surface area contributed by atoms with Crippen LogP contribution in [0.25, 0.3) is 0 Å². The maximum atomic E-state index is 11.5. The summed E-state index contributed by atoms with van der Waals surface area (Å²) in [4.78, 5) is 9.81. The number of ether oxygens (including phenoxy) is 1. The molecule has 0 aliphatic heterocycles. The number of carbonyl (C=O) groups is 1. The number of carbonyl (C=O) groups excluding carboxylic acids is 1. The monoisotopic (exact) mass is 208 g/mol. The Hall–Kier alpha value is -1.21. The van der Waals surface area contributed by atoms with Gasteiger partial charge in [-0.25, -0.2) is 4.79 Å². The summed E-state index contributed by atoms with van der Waals surface area (Å²) in [6.07, 6.45) is -10.6. The van der Waals surface area contributed by atoms with Crippen LogP contribution in [-0.2, 0) is 9.53 Å². The highest BCUT2D eigenvalue weighted by Crippen LogP contribution is 2.27. The second-order valence-corrected chi connectivity index (χ2v) is 1.81. The van der Waals surface area contributed by atoms with Gasteiger partial charge in [-0.1, -0.05) is 6.58 Å². The molecule has 0 atom stereocenters. The largest absolute Gasteiger partial charge is 0.491 e. The number of esters is 1. The van der Waals surface area contributed by atoms with Crippen LogP contribution in [-0.4, -0.2) is 18.3 Å². The van der Waals surface area contributed by atoms with E-state index in [1.165, 1.54) is 0 Å². The van der Waals surface area contributed by atoms with Gasteiger partial charge in [0.15, 0.2) is 0 Å². The maximum Gasteiger partial charge on any atom is 0.491 e. The van der Waals surface area contributed by atoms with E-state index in [4.69, 9.17) is 0 Å². The van der Waals surface area contributed by atoms with Crippen molar-refractivity contribution < 1.29 is 35.9 Å². The molecule has 0 fully saturated rings. The van der Waals surface area contributed by atoms with Gasteiger partial charge >= 0.3 is 18.3 Å². The Balaban J connectivity index is 4.34. The van der Waals surface area contributed by atoms with E-state index >= 15 is 0 Å². The SMILES string of the molecule is C=C(OC(=O)C(F)(F)F)C(F)(F)F. The number of hydrogen-bond acceptors (Lipinski definition) is 2. The van der Waals surface area contributed by atoms with E-state index in [2.05, 4.69) is 11.3 Å². The normalized spacial score (nSPS) is 12.5. The molecule has 0 heterocycles. The zero-order valence-electron chi connectivity index (χ0n) is 5.79. The molecular formula is C5H2F6O2. The molecule has 13 heavy (non-hydrogen) atoms. The van der Waals surface area contributed by atoms with Crippen LogP contribution in [0.1, 0.15) is 0 Å². The maximum absolute atomic E-state index is 11.5. The summed E-state index contributed by atoms with van der Waals surface area (Å²) < 4.78 is 71.2. The average Bonchev–Trinajstić information content (AvgIpc) is 1.82. The molecule has 0 aromatic heterocycles. The number of hydrogen-bond donors (Lipinski definition) is 0. The zero-order chi connectivity index (χ0) is 10.9. The lowest BCUT2D eigenvalue weighted by Gasteiger charge is -2.10. The lowest BCUT2D eigenvalue weighted by atomic mass is 10.5. The molecule has 0 aromatic rings. The Morgan fingerprint density at radius 2 is 1.38 bits per heavy atom. The van der Waals surface area contributed by atoms with Crippen molar-refractivity contribution in [3.8, 4) is 0 Å². The number of halogens is 6. The second-order valence-electron chi connectivity index (χ2n) is 1.81. The summed E-state index contributed by atoms with van der Waals surface area (Å²) in [6, 6.07) is 0. The molecule has 8 heteroatoms. The smallest absolute Gasteiger partial charge is 0.415 e.